The molecule has 0 saturated carbocycles. The van der Waals surface area contributed by atoms with Crippen LogP contribution in [0, 0.1) is 5.92 Å². The maximum absolute atomic E-state index is 8.92. The largest absolute Gasteiger partial charge is 0.493 e. The summed E-state index contributed by atoms with van der Waals surface area (Å²) in [6, 6.07) is 6.77. The van der Waals surface area contributed by atoms with Crippen molar-refractivity contribution in [2.24, 2.45) is 5.92 Å². The van der Waals surface area contributed by atoms with Crippen molar-refractivity contribution >= 4 is 12.6 Å². The van der Waals surface area contributed by atoms with Gasteiger partial charge in [0.2, 0.25) is 0 Å². The predicted molar refractivity (Wildman–Crippen MR) is 60.7 cm³/mol. The van der Waals surface area contributed by atoms with Crippen molar-refractivity contribution in [3.8, 4) is 5.75 Å². The maximum atomic E-state index is 8.92. The lowest BCUT2D eigenvalue weighted by atomic mass is 9.80. The second-order valence-electron chi connectivity index (χ2n) is 3.98. The Morgan fingerprint density at radius 3 is 2.62 bits per heavy atom. The Labute approximate surface area is 95.0 Å². The summed E-state index contributed by atoms with van der Waals surface area (Å²) in [5.41, 5.74) is 0.469. The Morgan fingerprint density at radius 1 is 1.31 bits per heavy atom. The van der Waals surface area contributed by atoms with Crippen LogP contribution in [0.25, 0.3) is 0 Å². The molecular weight excluding hydrogens is 207 g/mol. The average molecular weight is 222 g/mol. The lowest BCUT2D eigenvalue weighted by Crippen LogP contribution is -2.29. The average Bonchev–Trinajstić information content (AvgIpc) is 2.80. The van der Waals surface area contributed by atoms with Gasteiger partial charge >= 0.3 is 7.12 Å². The van der Waals surface area contributed by atoms with Crippen LogP contribution in [-0.4, -0.2) is 37.0 Å². The summed E-state index contributed by atoms with van der Waals surface area (Å²) in [5, 5.41) is 17.8. The highest BCUT2D eigenvalue weighted by Crippen LogP contribution is 2.15. The molecule has 2 rings (SSSR count). The maximum Gasteiger partial charge on any atom is 0.488 e. The second kappa shape index (κ2) is 5.34. The molecule has 4 nitrogen and oxygen atoms in total. The van der Waals surface area contributed by atoms with Gasteiger partial charge in [-0.1, -0.05) is 12.1 Å². The van der Waals surface area contributed by atoms with Gasteiger partial charge in [-0.25, -0.2) is 0 Å². The van der Waals surface area contributed by atoms with Gasteiger partial charge in [-0.2, -0.15) is 0 Å². The van der Waals surface area contributed by atoms with E-state index in [4.69, 9.17) is 19.5 Å². The van der Waals surface area contributed by atoms with E-state index in [0.717, 1.165) is 25.4 Å². The molecule has 0 amide bonds. The molecule has 1 aromatic carbocycles. The molecule has 16 heavy (non-hydrogen) atoms. The molecule has 1 aromatic rings. The van der Waals surface area contributed by atoms with Crippen LogP contribution in [0.4, 0.5) is 0 Å². The Bertz CT molecular complexity index is 319. The van der Waals surface area contributed by atoms with Crippen LogP contribution in [0.2, 0.25) is 0 Å². The molecule has 1 unspecified atom stereocenters. The molecule has 1 saturated heterocycles. The van der Waals surface area contributed by atoms with Crippen LogP contribution in [0.1, 0.15) is 6.42 Å². The number of hydrogen-bond acceptors (Lipinski definition) is 4. The van der Waals surface area contributed by atoms with Crippen LogP contribution in [0.5, 0.6) is 5.75 Å². The summed E-state index contributed by atoms with van der Waals surface area (Å²) in [7, 11) is -1.42. The highest BCUT2D eigenvalue weighted by molar-refractivity contribution is 6.58. The predicted octanol–water partition coefficient (Wildman–Crippen LogP) is -0.218. The van der Waals surface area contributed by atoms with E-state index >= 15 is 0 Å². The molecule has 5 heteroatoms. The zero-order valence-electron chi connectivity index (χ0n) is 9.00. The fraction of sp³-hybridized carbons (Fsp3) is 0.455. The van der Waals surface area contributed by atoms with E-state index in [1.54, 1.807) is 24.3 Å². The first-order valence-corrected chi connectivity index (χ1v) is 5.42. The van der Waals surface area contributed by atoms with E-state index in [9.17, 15) is 0 Å². The molecular formula is C11H15BO4. The first-order valence-electron chi connectivity index (χ1n) is 5.42. The molecule has 1 atom stereocenters. The van der Waals surface area contributed by atoms with E-state index < -0.39 is 7.12 Å². The van der Waals surface area contributed by atoms with Gasteiger partial charge < -0.3 is 19.5 Å². The first-order chi connectivity index (χ1) is 7.75. The highest BCUT2D eigenvalue weighted by Gasteiger charge is 2.16. The van der Waals surface area contributed by atoms with Crippen LogP contribution in [0.15, 0.2) is 24.3 Å². The van der Waals surface area contributed by atoms with Crippen molar-refractivity contribution in [2.45, 2.75) is 6.42 Å². The fourth-order valence-corrected chi connectivity index (χ4v) is 1.67. The van der Waals surface area contributed by atoms with Gasteiger partial charge in [-0.15, -0.1) is 0 Å². The molecule has 86 valence electrons. The molecule has 1 aliphatic rings. The van der Waals surface area contributed by atoms with E-state index in [2.05, 4.69) is 0 Å². The molecule has 0 aromatic heterocycles. The molecule has 2 N–H and O–H groups in total. The van der Waals surface area contributed by atoms with Gasteiger partial charge in [-0.3, -0.25) is 0 Å². The molecule has 1 heterocycles. The summed E-state index contributed by atoms with van der Waals surface area (Å²) in [5.74, 6) is 1.22. The third kappa shape index (κ3) is 2.98. The standard InChI is InChI=1S/C11H15BO4/c13-12(14)10-1-3-11(4-2-10)16-8-9-5-6-15-7-9/h1-4,9,13-14H,5-8H2. The van der Waals surface area contributed by atoms with Crippen molar-refractivity contribution < 1.29 is 19.5 Å². The topological polar surface area (TPSA) is 58.9 Å². The van der Waals surface area contributed by atoms with Gasteiger partial charge in [-0.05, 0) is 24.0 Å². The van der Waals surface area contributed by atoms with E-state index in [-0.39, 0.29) is 0 Å². The highest BCUT2D eigenvalue weighted by atomic mass is 16.5. The van der Waals surface area contributed by atoms with Gasteiger partial charge in [0, 0.05) is 12.5 Å². The summed E-state index contributed by atoms with van der Waals surface area (Å²) >= 11 is 0. The second-order valence-corrected chi connectivity index (χ2v) is 3.98. The van der Waals surface area contributed by atoms with Crippen LogP contribution in [0.3, 0.4) is 0 Å². The van der Waals surface area contributed by atoms with Gasteiger partial charge in [0.15, 0.2) is 0 Å². The lowest BCUT2D eigenvalue weighted by molar-refractivity contribution is 0.167. The summed E-state index contributed by atoms with van der Waals surface area (Å²) in [6.07, 6.45) is 1.05. The third-order valence-electron chi connectivity index (χ3n) is 2.69. The minimum Gasteiger partial charge on any atom is -0.493 e. The smallest absolute Gasteiger partial charge is 0.488 e. The van der Waals surface area contributed by atoms with Crippen molar-refractivity contribution in [2.75, 3.05) is 19.8 Å². The third-order valence-corrected chi connectivity index (χ3v) is 2.69. The lowest BCUT2D eigenvalue weighted by Gasteiger charge is -2.10. The van der Waals surface area contributed by atoms with Crippen molar-refractivity contribution in [3.05, 3.63) is 24.3 Å². The SMILES string of the molecule is OB(O)c1ccc(OCC2CCOC2)cc1. The fourth-order valence-electron chi connectivity index (χ4n) is 1.67. The minimum atomic E-state index is -1.42. The van der Waals surface area contributed by atoms with Crippen molar-refractivity contribution in [1.29, 1.82) is 0 Å². The normalized spacial score (nSPS) is 19.8. The number of hydrogen-bond donors (Lipinski definition) is 2. The van der Waals surface area contributed by atoms with Crippen LogP contribution in [-0.2, 0) is 4.74 Å². The summed E-state index contributed by atoms with van der Waals surface area (Å²) in [4.78, 5) is 0. The Kier molecular flexibility index (Phi) is 3.82. The first kappa shape index (κ1) is 11.5. The molecule has 0 radical (unpaired) electrons. The zero-order valence-corrected chi connectivity index (χ0v) is 9.00. The Morgan fingerprint density at radius 2 is 2.06 bits per heavy atom. The molecule has 0 aliphatic carbocycles. The van der Waals surface area contributed by atoms with Crippen molar-refractivity contribution in [1.82, 2.24) is 0 Å². The number of benzene rings is 1. The molecule has 0 bridgehead atoms. The van der Waals surface area contributed by atoms with E-state index in [1.807, 2.05) is 0 Å². The molecule has 1 aliphatic heterocycles. The summed E-state index contributed by atoms with van der Waals surface area (Å²) < 4.78 is 10.8. The quantitative estimate of drug-likeness (QED) is 0.691. The van der Waals surface area contributed by atoms with Crippen molar-refractivity contribution in [3.63, 3.8) is 0 Å². The van der Waals surface area contributed by atoms with Crippen LogP contribution >= 0.6 is 0 Å². The Hall–Kier alpha value is -1.04. The minimum absolute atomic E-state index is 0.469. The van der Waals surface area contributed by atoms with E-state index in [0.29, 0.717) is 18.0 Å². The Balaban J connectivity index is 1.84. The van der Waals surface area contributed by atoms with Gasteiger partial charge in [0.05, 0.1) is 13.2 Å². The molecule has 0 spiro atoms. The van der Waals surface area contributed by atoms with Crippen LogP contribution < -0.4 is 10.2 Å². The zero-order chi connectivity index (χ0) is 11.4. The van der Waals surface area contributed by atoms with Gasteiger partial charge in [0.1, 0.15) is 5.75 Å². The monoisotopic (exact) mass is 222 g/mol. The summed E-state index contributed by atoms with van der Waals surface area (Å²) in [6.45, 7) is 2.25. The number of ether oxygens (including phenoxy) is 2. The van der Waals surface area contributed by atoms with E-state index in [1.165, 1.54) is 0 Å². The molecule has 1 fully saturated rings. The number of rotatable bonds is 4. The van der Waals surface area contributed by atoms with Gasteiger partial charge in [0.25, 0.3) is 0 Å².